The lowest BCUT2D eigenvalue weighted by molar-refractivity contribution is -0.688. The Hall–Kier alpha value is -4.29. The minimum absolute atomic E-state index is 0.0295. The fourth-order valence-corrected chi connectivity index (χ4v) is 5.71. The van der Waals surface area contributed by atoms with Crippen LogP contribution in [0.5, 0.6) is 0 Å². The van der Waals surface area contributed by atoms with Crippen LogP contribution in [0.25, 0.3) is 0 Å². The molecule has 0 saturated carbocycles. The number of nitrogens with zero attached hydrogens (tertiary/aromatic N) is 5. The highest BCUT2D eigenvalue weighted by atomic mass is 32.2. The van der Waals surface area contributed by atoms with E-state index in [0.29, 0.717) is 11.3 Å². The number of oxime groups is 1. The highest BCUT2D eigenvalue weighted by Gasteiger charge is 2.55. The first-order valence-corrected chi connectivity index (χ1v) is 14.1. The molecule has 7 N–H and O–H groups in total. The summed E-state index contributed by atoms with van der Waals surface area (Å²) in [5.41, 5.74) is 6.45. The normalized spacial score (nSPS) is 19.2. The maximum absolute atomic E-state index is 13.1. The highest BCUT2D eigenvalue weighted by Crippen LogP contribution is 2.40. The number of rotatable bonds is 13. The molecule has 0 radical (unpaired) electrons. The Labute approximate surface area is 241 Å². The summed E-state index contributed by atoms with van der Waals surface area (Å²) in [7, 11) is 1.86. The quantitative estimate of drug-likeness (QED) is 0.0512. The van der Waals surface area contributed by atoms with Gasteiger partial charge < -0.3 is 36.7 Å². The van der Waals surface area contributed by atoms with Crippen LogP contribution in [0.15, 0.2) is 41.0 Å². The minimum atomic E-state index is -1.38. The summed E-state index contributed by atoms with van der Waals surface area (Å²) in [4.78, 5) is 59.5. The van der Waals surface area contributed by atoms with Crippen LogP contribution < -0.4 is 26.3 Å². The van der Waals surface area contributed by atoms with Crippen molar-refractivity contribution < 1.29 is 38.8 Å². The number of thioether (sulfide) groups is 1. The average Bonchev–Trinajstić information content (AvgIpc) is 3.37. The number of likely N-dealkylation sites (N-methyl/N-ethyl adjacent to an activating group) is 1. The molecule has 18 heteroatoms. The number of carbonyl (C=O) groups excluding carboxylic acids is 2. The van der Waals surface area contributed by atoms with Gasteiger partial charge in [0.15, 0.2) is 24.1 Å². The van der Waals surface area contributed by atoms with Crippen LogP contribution in [-0.2, 0) is 30.6 Å². The molecular weight excluding hydrogens is 578 g/mol. The number of anilines is 2. The van der Waals surface area contributed by atoms with Crippen molar-refractivity contribution in [3.05, 3.63) is 41.6 Å². The van der Waals surface area contributed by atoms with Crippen LogP contribution in [0.2, 0.25) is 0 Å². The molecule has 2 aliphatic heterocycles. The number of nitrogen functional groups attached to an aromatic ring is 1. The number of carbonyl (C=O) groups is 4. The van der Waals surface area contributed by atoms with E-state index in [1.54, 1.807) is 0 Å². The summed E-state index contributed by atoms with van der Waals surface area (Å²) in [6.45, 7) is 3.02. The highest BCUT2D eigenvalue weighted by molar-refractivity contribution is 8.00. The van der Waals surface area contributed by atoms with Crippen LogP contribution in [0, 0.1) is 0 Å². The smallest absolute Gasteiger partial charge is 0.352 e. The molecule has 1 fully saturated rings. The Kier molecular flexibility index (Phi) is 9.35. The SMILES string of the molecule is CNCCNc1cc[n+](CC2=C(C(=O)O)N3C(=O)[C@@H](NC(=O)/C(=N\O[C@@H](C)C(=O)O)c4nsc(N)n4)[C@H]3SC2)cc1. The second-order valence-electron chi connectivity index (χ2n) is 8.89. The number of hydrogen-bond donors (Lipinski definition) is 6. The molecule has 0 unspecified atom stereocenters. The molecule has 0 spiro atoms. The predicted molar refractivity (Wildman–Crippen MR) is 148 cm³/mol. The van der Waals surface area contributed by atoms with Gasteiger partial charge in [-0.25, -0.2) is 14.2 Å². The minimum Gasteiger partial charge on any atom is -0.478 e. The number of β-lactam (4-membered cyclic amide) rings is 1. The summed E-state index contributed by atoms with van der Waals surface area (Å²) in [6.07, 6.45) is 2.26. The molecule has 16 nitrogen and oxygen atoms in total. The lowest BCUT2D eigenvalue weighted by Gasteiger charge is -2.49. The van der Waals surface area contributed by atoms with E-state index in [2.05, 4.69) is 30.5 Å². The van der Waals surface area contributed by atoms with Crippen molar-refractivity contribution in [1.82, 2.24) is 24.9 Å². The van der Waals surface area contributed by atoms with Crippen LogP contribution in [-0.4, -0.2) is 97.3 Å². The van der Waals surface area contributed by atoms with E-state index in [1.807, 2.05) is 36.1 Å². The zero-order chi connectivity index (χ0) is 29.7. The van der Waals surface area contributed by atoms with E-state index in [0.717, 1.165) is 35.2 Å². The average molecular weight is 607 g/mol. The number of nitrogens with one attached hydrogen (secondary N) is 3. The Balaban J connectivity index is 1.48. The molecule has 4 rings (SSSR count). The predicted octanol–water partition coefficient (Wildman–Crippen LogP) is -1.33. The van der Waals surface area contributed by atoms with Gasteiger partial charge in [-0.05, 0) is 14.0 Å². The first kappa shape index (κ1) is 29.7. The van der Waals surface area contributed by atoms with Crippen LogP contribution >= 0.6 is 23.3 Å². The van der Waals surface area contributed by atoms with Gasteiger partial charge in [-0.3, -0.25) is 14.5 Å². The molecule has 2 aromatic rings. The molecule has 218 valence electrons. The standard InChI is InChI=1S/C23H27N9O7S2/c1-11(21(35)36)39-29-14(17-28-23(24)41-30-17)18(33)27-15-19(34)32-16(22(37)38)12(10-40-20(15)32)9-31-7-3-13(4-8-31)26-6-5-25-2/h3-4,7-8,11,15,20,25H,5-6,9-10H2,1-2H3,(H5,24,27,28,30,33,35,36,37,38)/p+1/b29-14-/t11-,15+,20+/m0/s1. The topological polar surface area (TPSA) is 225 Å². The van der Waals surface area contributed by atoms with Gasteiger partial charge in [0.25, 0.3) is 11.8 Å². The van der Waals surface area contributed by atoms with E-state index in [9.17, 15) is 24.3 Å². The second kappa shape index (κ2) is 12.9. The van der Waals surface area contributed by atoms with Gasteiger partial charge in [-0.15, -0.1) is 11.8 Å². The van der Waals surface area contributed by atoms with Gasteiger partial charge in [0.1, 0.15) is 17.1 Å². The van der Waals surface area contributed by atoms with Crippen molar-refractivity contribution in [1.29, 1.82) is 0 Å². The molecule has 41 heavy (non-hydrogen) atoms. The Bertz CT molecular complexity index is 1400. The fraction of sp³-hybridized carbons (Fsp3) is 0.391. The van der Waals surface area contributed by atoms with Crippen LogP contribution in [0.1, 0.15) is 12.7 Å². The third-order valence-electron chi connectivity index (χ3n) is 6.02. The summed E-state index contributed by atoms with van der Waals surface area (Å²) in [6, 6.07) is 2.68. The van der Waals surface area contributed by atoms with Gasteiger partial charge in [-0.1, -0.05) is 5.16 Å². The number of hydrogen-bond acceptors (Lipinski definition) is 13. The summed E-state index contributed by atoms with van der Waals surface area (Å²) in [5.74, 6) is -4.01. The summed E-state index contributed by atoms with van der Waals surface area (Å²) < 4.78 is 5.73. The van der Waals surface area contributed by atoms with Crippen molar-refractivity contribution >= 4 is 63.6 Å². The van der Waals surface area contributed by atoms with Crippen LogP contribution in [0.4, 0.5) is 10.8 Å². The molecule has 4 heterocycles. The van der Waals surface area contributed by atoms with E-state index in [1.165, 1.54) is 18.7 Å². The van der Waals surface area contributed by atoms with E-state index in [-0.39, 0.29) is 23.2 Å². The maximum atomic E-state index is 13.1. The van der Waals surface area contributed by atoms with Crippen molar-refractivity contribution in [2.24, 2.45) is 5.16 Å². The third-order valence-corrected chi connectivity index (χ3v) is 7.91. The van der Waals surface area contributed by atoms with Gasteiger partial charge in [0.05, 0.1) is 0 Å². The van der Waals surface area contributed by atoms with Crippen molar-refractivity contribution in [2.45, 2.75) is 31.0 Å². The Morgan fingerprint density at radius 2 is 2.02 bits per heavy atom. The van der Waals surface area contributed by atoms with E-state index >= 15 is 0 Å². The number of carboxylic acid groups (broad SMARTS) is 2. The van der Waals surface area contributed by atoms with Gasteiger partial charge in [0.2, 0.25) is 17.6 Å². The van der Waals surface area contributed by atoms with Crippen molar-refractivity contribution in [3.63, 3.8) is 0 Å². The van der Waals surface area contributed by atoms with E-state index < -0.39 is 47.0 Å². The van der Waals surface area contributed by atoms with E-state index in [4.69, 9.17) is 15.7 Å². The van der Waals surface area contributed by atoms with Gasteiger partial charge in [0, 0.05) is 53.8 Å². The molecule has 2 aromatic heterocycles. The first-order chi connectivity index (χ1) is 19.6. The number of aromatic nitrogens is 3. The number of pyridine rings is 1. The van der Waals surface area contributed by atoms with Crippen molar-refractivity contribution in [3.8, 4) is 0 Å². The maximum Gasteiger partial charge on any atom is 0.352 e. The molecule has 0 bridgehead atoms. The fourth-order valence-electron chi connectivity index (χ4n) is 3.94. The zero-order valence-corrected chi connectivity index (χ0v) is 23.6. The number of nitrogens with two attached hydrogens (primary N) is 1. The third kappa shape index (κ3) is 6.72. The Morgan fingerprint density at radius 1 is 1.29 bits per heavy atom. The molecular formula is C23H28N9O7S2+. The monoisotopic (exact) mass is 606 g/mol. The molecule has 2 aliphatic rings. The van der Waals surface area contributed by atoms with Crippen molar-refractivity contribution in [2.75, 3.05) is 36.9 Å². The molecule has 3 atom stereocenters. The molecule has 1 saturated heterocycles. The number of fused-ring (bicyclic) bond motifs is 1. The molecule has 0 aliphatic carbocycles. The Morgan fingerprint density at radius 3 is 2.63 bits per heavy atom. The lowest BCUT2D eigenvalue weighted by atomic mass is 10.0. The van der Waals surface area contributed by atoms with Crippen LogP contribution in [0.3, 0.4) is 0 Å². The zero-order valence-electron chi connectivity index (χ0n) is 21.9. The summed E-state index contributed by atoms with van der Waals surface area (Å²) >= 11 is 2.09. The summed E-state index contributed by atoms with van der Waals surface area (Å²) in [5, 5.41) is 30.8. The van der Waals surface area contributed by atoms with Gasteiger partial charge >= 0.3 is 11.9 Å². The number of carboxylic acids is 2. The lowest BCUT2D eigenvalue weighted by Crippen LogP contribution is -2.71. The largest absolute Gasteiger partial charge is 0.478 e. The van der Waals surface area contributed by atoms with Gasteiger partial charge in [-0.2, -0.15) is 9.36 Å². The second-order valence-corrected chi connectivity index (χ2v) is 10.8. The first-order valence-electron chi connectivity index (χ1n) is 12.2. The number of aliphatic carboxylic acids is 2. The molecule has 2 amide bonds. The number of amides is 2. The molecule has 0 aromatic carbocycles.